The van der Waals surface area contributed by atoms with Crippen molar-refractivity contribution in [1.29, 1.82) is 0 Å². The summed E-state index contributed by atoms with van der Waals surface area (Å²) in [6, 6.07) is -3.80. The third-order valence-corrected chi connectivity index (χ3v) is 6.61. The molecule has 0 bridgehead atoms. The largest absolute Gasteiger partial charge is 0.388 e. The number of hydrogen-bond acceptors (Lipinski definition) is 15. The highest BCUT2D eigenvalue weighted by atomic mass is 16.7. The average molecular weight is 483 g/mol. The number of nitrogens with two attached hydrogens (primary N) is 6. The summed E-state index contributed by atoms with van der Waals surface area (Å²) in [4.78, 5) is 0. The quantitative estimate of drug-likeness (QED) is 0.167. The van der Waals surface area contributed by atoms with Crippen molar-refractivity contribution in [3.8, 4) is 0 Å². The summed E-state index contributed by atoms with van der Waals surface area (Å²) in [5.74, 6) is 0. The van der Waals surface area contributed by atoms with E-state index in [0.29, 0.717) is 0 Å². The second kappa shape index (κ2) is 11.0. The second-order valence-electron chi connectivity index (χ2n) is 8.93. The minimum atomic E-state index is -1.41. The third-order valence-electron chi connectivity index (χ3n) is 6.61. The van der Waals surface area contributed by atoms with E-state index >= 15 is 0 Å². The normalized spacial score (nSPS) is 53.7. The van der Waals surface area contributed by atoms with Gasteiger partial charge in [-0.1, -0.05) is 0 Å². The highest BCUT2D eigenvalue weighted by molar-refractivity contribution is 5.01. The molecule has 0 spiro atoms. The number of ether oxygens (including phenoxy) is 4. The van der Waals surface area contributed by atoms with Gasteiger partial charge in [-0.15, -0.1) is 0 Å². The van der Waals surface area contributed by atoms with E-state index in [-0.39, 0.29) is 19.5 Å². The Morgan fingerprint density at radius 2 is 0.970 bits per heavy atom. The van der Waals surface area contributed by atoms with E-state index in [9.17, 15) is 25.5 Å². The summed E-state index contributed by atoms with van der Waals surface area (Å²) in [5.41, 5.74) is 35.4. The van der Waals surface area contributed by atoms with E-state index in [1.165, 1.54) is 0 Å². The van der Waals surface area contributed by atoms with E-state index in [1.54, 1.807) is 0 Å². The first kappa shape index (κ1) is 27.0. The predicted molar refractivity (Wildman–Crippen MR) is 112 cm³/mol. The molecule has 0 aromatic carbocycles. The van der Waals surface area contributed by atoms with Crippen LogP contribution in [0.25, 0.3) is 0 Å². The van der Waals surface area contributed by atoms with E-state index in [2.05, 4.69) is 0 Å². The van der Waals surface area contributed by atoms with E-state index in [1.807, 2.05) is 0 Å². The Labute approximate surface area is 190 Å². The van der Waals surface area contributed by atoms with Crippen LogP contribution in [-0.4, -0.2) is 130 Å². The van der Waals surface area contributed by atoms with E-state index in [4.69, 9.17) is 53.3 Å². The first-order chi connectivity index (χ1) is 15.5. The summed E-state index contributed by atoms with van der Waals surface area (Å²) in [5, 5.41) is 51.5. The van der Waals surface area contributed by atoms with Gasteiger partial charge < -0.3 is 78.9 Å². The molecule has 2 saturated heterocycles. The summed E-state index contributed by atoms with van der Waals surface area (Å²) < 4.78 is 22.8. The van der Waals surface area contributed by atoms with Crippen LogP contribution in [-0.2, 0) is 18.9 Å². The standard InChI is InChI=1S/C18H38N6O9/c19-2-6-10(25)12(27)8(23)17(30-6)32-15-4(21)1-5(22)16(14(15)29)33-18-9(24)13(28)11(26)7(3-20)31-18/h4-18,25-29H,1-3,19-24H2/t4-,5+,6-,7-,8-,9-,10-,11-,12-,13-,14?,15+,16-,17+,18+/m1/s1. The molecule has 15 nitrogen and oxygen atoms in total. The topological polar surface area (TPSA) is 294 Å². The Hall–Kier alpha value is -0.600. The van der Waals surface area contributed by atoms with E-state index in [0.717, 1.165) is 0 Å². The van der Waals surface area contributed by atoms with Crippen LogP contribution in [0.3, 0.4) is 0 Å². The molecule has 15 atom stereocenters. The van der Waals surface area contributed by atoms with Crippen LogP contribution in [0, 0.1) is 0 Å². The monoisotopic (exact) mass is 482 g/mol. The van der Waals surface area contributed by atoms with Gasteiger partial charge >= 0.3 is 0 Å². The van der Waals surface area contributed by atoms with Crippen LogP contribution in [0.4, 0.5) is 0 Å². The molecule has 17 N–H and O–H groups in total. The molecule has 1 saturated carbocycles. The van der Waals surface area contributed by atoms with Gasteiger partial charge in [0.15, 0.2) is 12.6 Å². The molecule has 0 aromatic heterocycles. The maximum Gasteiger partial charge on any atom is 0.176 e. The molecular formula is C18H38N6O9. The molecule has 3 rings (SSSR count). The molecule has 33 heavy (non-hydrogen) atoms. The number of aliphatic hydroxyl groups excluding tert-OH is 5. The van der Waals surface area contributed by atoms with Gasteiger partial charge in [-0.2, -0.15) is 0 Å². The maximum atomic E-state index is 11.0. The minimum absolute atomic E-state index is 0.103. The van der Waals surface area contributed by atoms with Crippen molar-refractivity contribution in [2.75, 3.05) is 13.1 Å². The minimum Gasteiger partial charge on any atom is -0.388 e. The lowest BCUT2D eigenvalue weighted by Gasteiger charge is -2.48. The predicted octanol–water partition coefficient (Wildman–Crippen LogP) is -7.36. The second-order valence-corrected chi connectivity index (χ2v) is 8.93. The summed E-state index contributed by atoms with van der Waals surface area (Å²) in [6.45, 7) is -0.206. The van der Waals surface area contributed by atoms with Gasteiger partial charge in [0.05, 0.1) is 12.1 Å². The van der Waals surface area contributed by atoms with Crippen molar-refractivity contribution < 1.29 is 44.5 Å². The van der Waals surface area contributed by atoms with Crippen molar-refractivity contribution >= 4 is 0 Å². The Morgan fingerprint density at radius 3 is 1.30 bits per heavy atom. The van der Waals surface area contributed by atoms with Crippen molar-refractivity contribution in [3.05, 3.63) is 0 Å². The molecule has 0 radical (unpaired) electrons. The van der Waals surface area contributed by atoms with Gasteiger partial charge in [-0.25, -0.2) is 0 Å². The van der Waals surface area contributed by atoms with Crippen molar-refractivity contribution in [2.45, 2.75) is 98.1 Å². The number of hydrogen-bond donors (Lipinski definition) is 11. The lowest BCUT2D eigenvalue weighted by Crippen LogP contribution is -2.69. The molecule has 2 heterocycles. The lowest BCUT2D eigenvalue weighted by atomic mass is 9.84. The van der Waals surface area contributed by atoms with Crippen molar-refractivity contribution in [1.82, 2.24) is 0 Å². The van der Waals surface area contributed by atoms with Gasteiger partial charge in [0.2, 0.25) is 0 Å². The smallest absolute Gasteiger partial charge is 0.176 e. The van der Waals surface area contributed by atoms with Crippen LogP contribution < -0.4 is 34.4 Å². The first-order valence-corrected chi connectivity index (χ1v) is 11.0. The fraction of sp³-hybridized carbons (Fsp3) is 1.00. The zero-order chi connectivity index (χ0) is 24.6. The van der Waals surface area contributed by atoms with Crippen LogP contribution in [0.2, 0.25) is 0 Å². The van der Waals surface area contributed by atoms with Crippen LogP contribution in [0.15, 0.2) is 0 Å². The summed E-state index contributed by atoms with van der Waals surface area (Å²) in [6.07, 6.45) is -13.1. The summed E-state index contributed by atoms with van der Waals surface area (Å²) in [7, 11) is 0. The Kier molecular flexibility index (Phi) is 8.99. The van der Waals surface area contributed by atoms with Gasteiger partial charge in [0.1, 0.15) is 54.9 Å². The zero-order valence-electron chi connectivity index (χ0n) is 18.1. The van der Waals surface area contributed by atoms with Crippen molar-refractivity contribution in [2.24, 2.45) is 34.4 Å². The molecule has 3 aliphatic rings. The maximum absolute atomic E-state index is 11.0. The molecule has 1 aliphatic carbocycles. The van der Waals surface area contributed by atoms with Crippen LogP contribution >= 0.6 is 0 Å². The van der Waals surface area contributed by atoms with Gasteiger partial charge in [-0.3, -0.25) is 0 Å². The van der Waals surface area contributed by atoms with Gasteiger partial charge in [0.25, 0.3) is 0 Å². The first-order valence-electron chi connectivity index (χ1n) is 11.0. The average Bonchev–Trinajstić information content (AvgIpc) is 2.79. The number of rotatable bonds is 6. The number of aliphatic hydroxyl groups is 5. The Balaban J connectivity index is 1.72. The van der Waals surface area contributed by atoms with Crippen LogP contribution in [0.5, 0.6) is 0 Å². The third kappa shape index (κ3) is 5.32. The molecule has 194 valence electrons. The molecule has 1 unspecified atom stereocenters. The lowest BCUT2D eigenvalue weighted by molar-refractivity contribution is -0.309. The molecular weight excluding hydrogens is 444 g/mol. The van der Waals surface area contributed by atoms with Gasteiger partial charge in [-0.05, 0) is 6.42 Å². The van der Waals surface area contributed by atoms with E-state index < -0.39 is 91.7 Å². The Morgan fingerprint density at radius 1 is 0.606 bits per heavy atom. The summed E-state index contributed by atoms with van der Waals surface area (Å²) >= 11 is 0. The highest BCUT2D eigenvalue weighted by Crippen LogP contribution is 2.30. The fourth-order valence-electron chi connectivity index (χ4n) is 4.49. The molecule has 3 fully saturated rings. The molecule has 0 aromatic rings. The molecule has 0 amide bonds. The molecule has 2 aliphatic heterocycles. The molecule has 15 heteroatoms. The highest BCUT2D eigenvalue weighted by Gasteiger charge is 2.51. The Bertz CT molecular complexity index is 586. The SMILES string of the molecule is NC[C@H]1O[C@@H](O[C@@H]2C(O)[C@H](O[C@@H]3O[C@H](CN)[C@@H](O)[C@H](O)[C@H]3N)[C@@H](N)C[C@H]2N)[C@H](N)[C@@H](O)[C@@H]1O. The van der Waals surface area contributed by atoms with Gasteiger partial charge in [0, 0.05) is 25.2 Å². The fourth-order valence-corrected chi connectivity index (χ4v) is 4.49. The zero-order valence-corrected chi connectivity index (χ0v) is 18.1. The van der Waals surface area contributed by atoms with Crippen molar-refractivity contribution in [3.63, 3.8) is 0 Å². The van der Waals surface area contributed by atoms with Crippen LogP contribution in [0.1, 0.15) is 6.42 Å².